The second kappa shape index (κ2) is 8.94. The molecule has 0 aliphatic carbocycles. The second-order valence-electron chi connectivity index (χ2n) is 2.23. The largest absolute Gasteiger partial charge is 0.484 e. The molecule has 1 aliphatic rings. The molecule has 0 aromatic heterocycles. The maximum absolute atomic E-state index is 9.33. The zero-order valence-corrected chi connectivity index (χ0v) is 9.99. The molecule has 14 heavy (non-hydrogen) atoms. The monoisotopic (exact) mass is 222 g/mol. The maximum atomic E-state index is 9.33. The molecule has 0 spiro atoms. The third kappa shape index (κ3) is 9.45. The lowest BCUT2D eigenvalue weighted by molar-refractivity contribution is 0.107. The van der Waals surface area contributed by atoms with Crippen LogP contribution in [0.5, 0.6) is 0 Å². The van der Waals surface area contributed by atoms with Crippen molar-refractivity contribution in [3.63, 3.8) is 0 Å². The van der Waals surface area contributed by atoms with Crippen LogP contribution in [-0.4, -0.2) is 35.4 Å². The summed E-state index contributed by atoms with van der Waals surface area (Å²) < 4.78 is 15.7. The predicted molar refractivity (Wildman–Crippen MR) is 53.7 cm³/mol. The van der Waals surface area contributed by atoms with Crippen molar-refractivity contribution in [1.29, 1.82) is 0 Å². The molecule has 0 saturated carbocycles. The van der Waals surface area contributed by atoms with Crippen molar-refractivity contribution in [2.75, 3.05) is 19.8 Å². The third-order valence-corrected chi connectivity index (χ3v) is 2.95. The molecule has 0 atom stereocenters. The summed E-state index contributed by atoms with van der Waals surface area (Å²) in [6.07, 6.45) is 0. The van der Waals surface area contributed by atoms with Gasteiger partial charge in [-0.1, -0.05) is 0 Å². The molecule has 0 unspecified atom stereocenters. The minimum absolute atomic E-state index is 0.0833. The minimum Gasteiger partial charge on any atom is -0.376 e. The van der Waals surface area contributed by atoms with E-state index in [0.29, 0.717) is 19.8 Å². The summed E-state index contributed by atoms with van der Waals surface area (Å²) >= 11 is 0. The standard InChI is InChI=1S/C6H16O3Si.CH2N2O/c1-4-7-10(8-5-2)9-6-3;4-1-2-3-1/h10H,4-6H2,1-3H3;(H2,2,3,4). The van der Waals surface area contributed by atoms with E-state index in [0.717, 1.165) is 0 Å². The lowest BCUT2D eigenvalue weighted by Gasteiger charge is -2.12. The van der Waals surface area contributed by atoms with Gasteiger partial charge in [0, 0.05) is 19.8 Å². The van der Waals surface area contributed by atoms with Gasteiger partial charge in [0.15, 0.2) is 0 Å². The highest BCUT2D eigenvalue weighted by Crippen LogP contribution is 1.91. The fourth-order valence-electron chi connectivity index (χ4n) is 0.578. The Bertz CT molecular complexity index is 138. The molecule has 2 N–H and O–H groups in total. The number of hydrogen-bond acceptors (Lipinski definition) is 4. The molecule has 1 saturated heterocycles. The fourth-order valence-corrected chi connectivity index (χ4v) is 1.68. The summed E-state index contributed by atoms with van der Waals surface area (Å²) in [6, 6.07) is -0.0833. The van der Waals surface area contributed by atoms with E-state index in [1.165, 1.54) is 0 Å². The molecule has 1 rings (SSSR count). The van der Waals surface area contributed by atoms with Gasteiger partial charge in [-0.2, -0.15) is 0 Å². The topological polar surface area (TPSA) is 88.6 Å². The first-order chi connectivity index (χ1) is 6.74. The third-order valence-electron chi connectivity index (χ3n) is 1.14. The van der Waals surface area contributed by atoms with Crippen LogP contribution in [0, 0.1) is 0 Å². The fraction of sp³-hybridized carbons (Fsp3) is 0.857. The van der Waals surface area contributed by atoms with Crippen LogP contribution < -0.4 is 10.9 Å². The lowest BCUT2D eigenvalue weighted by atomic mass is 10.9. The molecule has 2 amide bonds. The van der Waals surface area contributed by atoms with Gasteiger partial charge < -0.3 is 13.3 Å². The van der Waals surface area contributed by atoms with Gasteiger partial charge in [-0.15, -0.1) is 0 Å². The normalized spacial score (nSPS) is 12.7. The van der Waals surface area contributed by atoms with Crippen LogP contribution in [-0.2, 0) is 13.3 Å². The Morgan fingerprint density at radius 3 is 1.43 bits per heavy atom. The van der Waals surface area contributed by atoms with Gasteiger partial charge in [-0.25, -0.2) is 15.6 Å². The van der Waals surface area contributed by atoms with Crippen molar-refractivity contribution < 1.29 is 18.1 Å². The molecule has 1 fully saturated rings. The van der Waals surface area contributed by atoms with E-state index in [4.69, 9.17) is 13.3 Å². The number of carbonyl (C=O) groups excluding carboxylic acids is 1. The molecule has 84 valence electrons. The lowest BCUT2D eigenvalue weighted by Crippen LogP contribution is -2.27. The summed E-state index contributed by atoms with van der Waals surface area (Å²) in [5.74, 6) is 0. The van der Waals surface area contributed by atoms with Crippen molar-refractivity contribution in [2.24, 2.45) is 0 Å². The molecule has 0 aromatic carbocycles. The Kier molecular flexibility index (Phi) is 8.54. The molecule has 6 nitrogen and oxygen atoms in total. The zero-order valence-electron chi connectivity index (χ0n) is 8.83. The van der Waals surface area contributed by atoms with Crippen LogP contribution in [0.1, 0.15) is 20.8 Å². The first-order valence-electron chi connectivity index (χ1n) is 4.65. The Morgan fingerprint density at radius 2 is 1.29 bits per heavy atom. The smallest absolute Gasteiger partial charge is 0.376 e. The van der Waals surface area contributed by atoms with Gasteiger partial charge in [-0.3, -0.25) is 0 Å². The number of amides is 2. The minimum atomic E-state index is -1.73. The molecule has 0 aromatic rings. The van der Waals surface area contributed by atoms with Crippen molar-refractivity contribution in [3.05, 3.63) is 0 Å². The second-order valence-corrected chi connectivity index (χ2v) is 3.81. The number of rotatable bonds is 6. The van der Waals surface area contributed by atoms with E-state index in [2.05, 4.69) is 10.9 Å². The van der Waals surface area contributed by atoms with E-state index >= 15 is 0 Å². The van der Waals surface area contributed by atoms with E-state index < -0.39 is 9.53 Å². The number of hydrogen-bond donors (Lipinski definition) is 2. The summed E-state index contributed by atoms with van der Waals surface area (Å²) in [7, 11) is -1.73. The molecule has 7 heteroatoms. The number of nitrogens with one attached hydrogen (secondary N) is 2. The molecule has 1 heterocycles. The van der Waals surface area contributed by atoms with Crippen LogP contribution in [0.25, 0.3) is 0 Å². The van der Waals surface area contributed by atoms with Crippen LogP contribution in [0.2, 0.25) is 0 Å². The molecule has 1 aliphatic heterocycles. The van der Waals surface area contributed by atoms with Crippen LogP contribution in [0.4, 0.5) is 4.79 Å². The van der Waals surface area contributed by atoms with Gasteiger partial charge in [-0.05, 0) is 20.8 Å². The van der Waals surface area contributed by atoms with E-state index in [9.17, 15) is 4.79 Å². The summed E-state index contributed by atoms with van der Waals surface area (Å²) in [5, 5.41) is 0. The molecule has 0 radical (unpaired) electrons. The summed E-state index contributed by atoms with van der Waals surface area (Å²) in [6.45, 7) is 7.86. The maximum Gasteiger partial charge on any atom is 0.484 e. The average molecular weight is 222 g/mol. The van der Waals surface area contributed by atoms with Gasteiger partial charge in [0.1, 0.15) is 0 Å². The van der Waals surface area contributed by atoms with E-state index in [-0.39, 0.29) is 6.03 Å². The highest BCUT2D eigenvalue weighted by molar-refractivity contribution is 6.36. The Balaban J connectivity index is 0.000000344. The van der Waals surface area contributed by atoms with Gasteiger partial charge in [0.25, 0.3) is 0 Å². The van der Waals surface area contributed by atoms with Crippen LogP contribution in [0.15, 0.2) is 0 Å². The van der Waals surface area contributed by atoms with Crippen LogP contribution in [0.3, 0.4) is 0 Å². The highest BCUT2D eigenvalue weighted by atomic mass is 28.3. The molecular formula is C7H18N2O4Si. The molecular weight excluding hydrogens is 204 g/mol. The first-order valence-corrected chi connectivity index (χ1v) is 6.06. The van der Waals surface area contributed by atoms with Crippen molar-refractivity contribution >= 4 is 15.6 Å². The average Bonchev–Trinajstić information content (AvgIpc) is 2.90. The zero-order chi connectivity index (χ0) is 10.8. The first kappa shape index (κ1) is 13.4. The van der Waals surface area contributed by atoms with Crippen molar-refractivity contribution in [2.45, 2.75) is 20.8 Å². The van der Waals surface area contributed by atoms with E-state index in [1.54, 1.807) is 0 Å². The van der Waals surface area contributed by atoms with Crippen molar-refractivity contribution in [1.82, 2.24) is 10.9 Å². The summed E-state index contributed by atoms with van der Waals surface area (Å²) in [5.41, 5.74) is 4.42. The number of carbonyl (C=O) groups is 1. The number of hydrazine groups is 1. The van der Waals surface area contributed by atoms with Crippen LogP contribution >= 0.6 is 0 Å². The Hall–Kier alpha value is -0.633. The quantitative estimate of drug-likeness (QED) is 0.490. The molecule has 0 bridgehead atoms. The number of urea groups is 1. The van der Waals surface area contributed by atoms with Gasteiger partial charge >= 0.3 is 15.6 Å². The van der Waals surface area contributed by atoms with Gasteiger partial charge in [0.2, 0.25) is 0 Å². The van der Waals surface area contributed by atoms with Crippen molar-refractivity contribution in [3.8, 4) is 0 Å². The van der Waals surface area contributed by atoms with E-state index in [1.807, 2.05) is 20.8 Å². The van der Waals surface area contributed by atoms with Gasteiger partial charge in [0.05, 0.1) is 0 Å². The predicted octanol–water partition coefficient (Wildman–Crippen LogP) is 0.0273. The highest BCUT2D eigenvalue weighted by Gasteiger charge is 2.11. The summed E-state index contributed by atoms with van der Waals surface area (Å²) in [4.78, 5) is 9.33. The Labute approximate surface area is 85.8 Å². The SMILES string of the molecule is CCO[SiH](OCC)OCC.O=C1NN1. The Morgan fingerprint density at radius 1 is 1.00 bits per heavy atom.